The van der Waals surface area contributed by atoms with Gasteiger partial charge in [0.1, 0.15) is 11.4 Å². The lowest BCUT2D eigenvalue weighted by Gasteiger charge is -2.40. The van der Waals surface area contributed by atoms with Crippen LogP contribution in [0.5, 0.6) is 5.75 Å². The summed E-state index contributed by atoms with van der Waals surface area (Å²) in [6.07, 6.45) is 2.73. The van der Waals surface area contributed by atoms with Gasteiger partial charge < -0.3 is 15.5 Å². The van der Waals surface area contributed by atoms with E-state index in [1.807, 2.05) is 0 Å². The number of phenolic OH excluding ortho intramolecular Hbond substituents is 1. The smallest absolute Gasteiger partial charge is 0.416 e. The van der Waals surface area contributed by atoms with Gasteiger partial charge in [0.05, 0.1) is 11.7 Å². The quantitative estimate of drug-likeness (QED) is 0.609. The minimum Gasteiger partial charge on any atom is -0.507 e. The first-order chi connectivity index (χ1) is 14.8. The van der Waals surface area contributed by atoms with Crippen LogP contribution in [0.15, 0.2) is 18.2 Å². The van der Waals surface area contributed by atoms with Crippen LogP contribution in [0.2, 0.25) is 0 Å². The molecule has 2 bridgehead atoms. The summed E-state index contributed by atoms with van der Waals surface area (Å²) in [5, 5.41) is 32.8. The molecular weight excluding hydrogens is 407 g/mol. The highest BCUT2D eigenvalue weighted by atomic mass is 19.4. The van der Waals surface area contributed by atoms with Crippen molar-refractivity contribution in [3.8, 4) is 17.0 Å². The molecule has 166 valence electrons. The SMILES string of the molecule is Oc1cc(C(F)(F)F)ccc1-c1nnc(N[C@@H]2CCC[C@H](O)C2)c2c1C1CCC2CC1. The minimum atomic E-state index is -4.52. The maximum Gasteiger partial charge on any atom is 0.416 e. The van der Waals surface area contributed by atoms with E-state index in [1.165, 1.54) is 6.07 Å². The van der Waals surface area contributed by atoms with E-state index in [-0.39, 0.29) is 18.1 Å². The predicted molar refractivity (Wildman–Crippen MR) is 110 cm³/mol. The third-order valence-corrected chi connectivity index (χ3v) is 7.16. The Morgan fingerprint density at radius 2 is 1.65 bits per heavy atom. The van der Waals surface area contributed by atoms with Crippen LogP contribution < -0.4 is 5.32 Å². The highest BCUT2D eigenvalue weighted by Gasteiger charge is 2.39. The number of nitrogens with zero attached hydrogens (tertiary/aromatic N) is 2. The molecular formula is C23H26F3N3O2. The summed E-state index contributed by atoms with van der Waals surface area (Å²) in [6, 6.07) is 3.18. The Bertz CT molecular complexity index is 987. The molecule has 6 rings (SSSR count). The van der Waals surface area contributed by atoms with Crippen LogP contribution in [0.25, 0.3) is 11.3 Å². The number of aliphatic hydroxyl groups is 1. The van der Waals surface area contributed by atoms with Crippen molar-refractivity contribution in [1.29, 1.82) is 0 Å². The number of alkyl halides is 3. The van der Waals surface area contributed by atoms with Gasteiger partial charge in [0.2, 0.25) is 0 Å². The van der Waals surface area contributed by atoms with E-state index >= 15 is 0 Å². The Morgan fingerprint density at radius 1 is 0.935 bits per heavy atom. The number of aromatic nitrogens is 2. The summed E-state index contributed by atoms with van der Waals surface area (Å²) in [5.41, 5.74) is 2.03. The van der Waals surface area contributed by atoms with Gasteiger partial charge in [0.25, 0.3) is 0 Å². The van der Waals surface area contributed by atoms with Crippen molar-refractivity contribution in [3.63, 3.8) is 0 Å². The molecule has 0 amide bonds. The normalized spacial score (nSPS) is 27.7. The Hall–Kier alpha value is -2.35. The van der Waals surface area contributed by atoms with Crippen molar-refractivity contribution in [2.24, 2.45) is 0 Å². The molecule has 0 spiro atoms. The van der Waals surface area contributed by atoms with E-state index in [2.05, 4.69) is 15.5 Å². The van der Waals surface area contributed by atoms with Gasteiger partial charge in [-0.05, 0) is 87.0 Å². The first-order valence-corrected chi connectivity index (χ1v) is 11.1. The molecule has 2 fully saturated rings. The van der Waals surface area contributed by atoms with E-state index < -0.39 is 17.5 Å². The Labute approximate surface area is 178 Å². The summed E-state index contributed by atoms with van der Waals surface area (Å²) in [5.74, 6) is 0.911. The van der Waals surface area contributed by atoms with Crippen LogP contribution in [0.3, 0.4) is 0 Å². The zero-order chi connectivity index (χ0) is 21.8. The molecule has 1 aromatic heterocycles. The maximum absolute atomic E-state index is 13.0. The monoisotopic (exact) mass is 433 g/mol. The number of fused-ring (bicyclic) bond motifs is 2. The van der Waals surface area contributed by atoms with E-state index in [0.29, 0.717) is 23.6 Å². The molecule has 2 aromatic rings. The summed E-state index contributed by atoms with van der Waals surface area (Å²) in [7, 11) is 0. The van der Waals surface area contributed by atoms with Gasteiger partial charge in [-0.3, -0.25) is 0 Å². The molecule has 1 heterocycles. The highest BCUT2D eigenvalue weighted by Crippen LogP contribution is 2.54. The second kappa shape index (κ2) is 7.65. The fourth-order valence-corrected chi connectivity index (χ4v) is 5.66. The van der Waals surface area contributed by atoms with Gasteiger partial charge >= 0.3 is 6.18 Å². The van der Waals surface area contributed by atoms with Gasteiger partial charge in [0, 0.05) is 17.2 Å². The van der Waals surface area contributed by atoms with Crippen LogP contribution in [0.1, 0.15) is 79.9 Å². The van der Waals surface area contributed by atoms with Gasteiger partial charge in [0.15, 0.2) is 5.82 Å². The van der Waals surface area contributed by atoms with Crippen LogP contribution in [-0.4, -0.2) is 32.6 Å². The molecule has 0 unspecified atom stereocenters. The zero-order valence-corrected chi connectivity index (χ0v) is 17.1. The Morgan fingerprint density at radius 3 is 2.29 bits per heavy atom. The summed E-state index contributed by atoms with van der Waals surface area (Å²) < 4.78 is 39.1. The molecule has 8 heteroatoms. The lowest BCUT2D eigenvalue weighted by atomic mass is 9.66. The number of benzene rings is 1. The molecule has 3 N–H and O–H groups in total. The fourth-order valence-electron chi connectivity index (χ4n) is 5.66. The fraction of sp³-hybridized carbons (Fsp3) is 0.565. The van der Waals surface area contributed by atoms with Gasteiger partial charge in [-0.1, -0.05) is 0 Å². The van der Waals surface area contributed by atoms with Crippen molar-refractivity contribution >= 4 is 5.82 Å². The number of halogens is 3. The standard InChI is InChI=1S/C23H26F3N3O2/c24-23(25,26)14-8-9-17(18(31)10-14)21-19-12-4-6-13(7-5-12)20(19)22(29-28-21)27-15-2-1-3-16(30)11-15/h8-10,12-13,15-16,30-31H,1-7,11H2,(H,27,29)/t12?,13?,15-,16+/m1/s1. The average molecular weight is 433 g/mol. The van der Waals surface area contributed by atoms with E-state index in [9.17, 15) is 23.4 Å². The number of anilines is 1. The third kappa shape index (κ3) is 3.75. The number of hydrogen-bond donors (Lipinski definition) is 3. The number of aliphatic hydroxyl groups excluding tert-OH is 1. The Balaban J connectivity index is 1.57. The zero-order valence-electron chi connectivity index (χ0n) is 17.1. The van der Waals surface area contributed by atoms with E-state index in [0.717, 1.165) is 74.0 Å². The summed E-state index contributed by atoms with van der Waals surface area (Å²) in [4.78, 5) is 0. The molecule has 0 aliphatic heterocycles. The molecule has 0 saturated heterocycles. The van der Waals surface area contributed by atoms with E-state index in [4.69, 9.17) is 0 Å². The topological polar surface area (TPSA) is 78.3 Å². The van der Waals surface area contributed by atoms with Crippen molar-refractivity contribution in [2.45, 2.75) is 81.5 Å². The number of rotatable bonds is 3. The first-order valence-electron chi connectivity index (χ1n) is 11.1. The Kier molecular flexibility index (Phi) is 5.07. The van der Waals surface area contributed by atoms with Gasteiger partial charge in [-0.2, -0.15) is 13.2 Å². The third-order valence-electron chi connectivity index (χ3n) is 7.16. The van der Waals surface area contributed by atoms with Crippen LogP contribution in [-0.2, 0) is 6.18 Å². The average Bonchev–Trinajstić information content (AvgIpc) is 2.74. The molecule has 5 nitrogen and oxygen atoms in total. The van der Waals surface area contributed by atoms with Gasteiger partial charge in [-0.25, -0.2) is 0 Å². The molecule has 2 atom stereocenters. The summed E-state index contributed by atoms with van der Waals surface area (Å²) in [6.45, 7) is 0. The lowest BCUT2D eigenvalue weighted by molar-refractivity contribution is -0.137. The molecule has 4 aliphatic rings. The lowest BCUT2D eigenvalue weighted by Crippen LogP contribution is -2.32. The van der Waals surface area contributed by atoms with Crippen molar-refractivity contribution in [2.75, 3.05) is 5.32 Å². The predicted octanol–water partition coefficient (Wildman–Crippen LogP) is 5.34. The van der Waals surface area contributed by atoms with E-state index in [1.54, 1.807) is 0 Å². The van der Waals surface area contributed by atoms with Crippen LogP contribution in [0.4, 0.5) is 19.0 Å². The second-order valence-corrected chi connectivity index (χ2v) is 9.16. The van der Waals surface area contributed by atoms with Crippen LogP contribution in [0, 0.1) is 0 Å². The summed E-state index contributed by atoms with van der Waals surface area (Å²) >= 11 is 0. The van der Waals surface area contributed by atoms with Crippen LogP contribution >= 0.6 is 0 Å². The maximum atomic E-state index is 13.0. The molecule has 2 saturated carbocycles. The largest absolute Gasteiger partial charge is 0.507 e. The molecule has 31 heavy (non-hydrogen) atoms. The number of aromatic hydroxyl groups is 1. The highest BCUT2D eigenvalue weighted by molar-refractivity contribution is 5.74. The number of nitrogens with one attached hydrogen (secondary N) is 1. The molecule has 4 aliphatic carbocycles. The number of hydrogen-bond acceptors (Lipinski definition) is 5. The molecule has 1 aromatic carbocycles. The first kappa shape index (κ1) is 20.5. The van der Waals surface area contributed by atoms with Crippen molar-refractivity contribution in [3.05, 3.63) is 34.9 Å². The molecule has 0 radical (unpaired) electrons. The van der Waals surface area contributed by atoms with Gasteiger partial charge in [-0.15, -0.1) is 10.2 Å². The van der Waals surface area contributed by atoms with Crippen molar-refractivity contribution in [1.82, 2.24) is 10.2 Å². The number of phenols is 1. The van der Waals surface area contributed by atoms with Crippen molar-refractivity contribution < 1.29 is 23.4 Å². The minimum absolute atomic E-state index is 0.132. The second-order valence-electron chi connectivity index (χ2n) is 9.16.